The van der Waals surface area contributed by atoms with E-state index in [1.165, 1.54) is 0 Å². The topological polar surface area (TPSA) is 26.0 Å². The third-order valence-corrected chi connectivity index (χ3v) is 1.11. The Bertz CT molecular complexity index is 159. The van der Waals surface area contributed by atoms with Gasteiger partial charge in [0, 0.05) is 7.98 Å². The smallest absolute Gasteiger partial charge is 1.00 e. The van der Waals surface area contributed by atoms with Crippen LogP contribution in [0.3, 0.4) is 0 Å². The first-order valence-electron chi connectivity index (χ1n) is 3.33. The molecule has 2 aromatic rings. The first-order chi connectivity index (χ1) is 6.00. The fraction of sp³-hybridized carbons (Fsp3) is 0. The molecular formula is C10H16BNZr. The van der Waals surface area contributed by atoms with Crippen LogP contribution in [0.25, 0.3) is 0 Å². The maximum atomic E-state index is 4.75. The average molecular weight is 252 g/mol. The van der Waals surface area contributed by atoms with Crippen LogP contribution >= 0.6 is 0 Å². The predicted molar refractivity (Wildman–Crippen MR) is 59.3 cm³/mol. The van der Waals surface area contributed by atoms with Crippen LogP contribution in [0, 0.1) is 0 Å². The summed E-state index contributed by atoms with van der Waals surface area (Å²) in [7, 11) is 0.250. The molecule has 2 rings (SSSR count). The van der Waals surface area contributed by atoms with Gasteiger partial charge in [0.1, 0.15) is 0 Å². The molecule has 0 unspecified atom stereocenters. The summed E-state index contributed by atoms with van der Waals surface area (Å²) in [6, 6.07) is 20.0. The number of hydrogen-bond donors (Lipinski definition) is 1. The third-order valence-electron chi connectivity index (χ3n) is 1.11. The average Bonchev–Trinajstić information content (AvgIpc) is 2.87. The maximum Gasteiger partial charge on any atom is 4.00 e. The minimum atomic E-state index is 0. The van der Waals surface area contributed by atoms with Crippen LogP contribution < -0.4 is 5.64 Å². The Labute approximate surface area is 102 Å². The zero-order chi connectivity index (χ0) is 9.07. The van der Waals surface area contributed by atoms with Gasteiger partial charge in [-0.2, -0.15) is 36.4 Å². The van der Waals surface area contributed by atoms with E-state index in [0.717, 1.165) is 0 Å². The van der Waals surface area contributed by atoms with Crippen LogP contribution in [0.15, 0.2) is 60.7 Å². The predicted octanol–water partition coefficient (Wildman–Crippen LogP) is 1.15. The first kappa shape index (κ1) is 15.1. The van der Waals surface area contributed by atoms with E-state index in [2.05, 4.69) is 0 Å². The van der Waals surface area contributed by atoms with Crippen LogP contribution in [0.4, 0.5) is 0 Å². The maximum absolute atomic E-state index is 4.75. The molecule has 0 heterocycles. The Kier molecular flexibility index (Phi) is 16.4. The van der Waals surface area contributed by atoms with Gasteiger partial charge in [0.15, 0.2) is 0 Å². The molecule has 0 saturated heterocycles. The molecule has 68 valence electrons. The summed E-state index contributed by atoms with van der Waals surface area (Å²) in [4.78, 5) is 0. The van der Waals surface area contributed by atoms with Gasteiger partial charge in [-0.25, -0.2) is 24.3 Å². The fourth-order valence-electron chi connectivity index (χ4n) is 0.642. The van der Waals surface area contributed by atoms with E-state index in [9.17, 15) is 0 Å². The molecule has 0 fully saturated rings. The van der Waals surface area contributed by atoms with E-state index in [1.54, 1.807) is 0 Å². The molecule has 1 nitrogen and oxygen atoms in total. The van der Waals surface area contributed by atoms with Gasteiger partial charge < -0.3 is 7.07 Å². The van der Waals surface area contributed by atoms with E-state index in [0.29, 0.717) is 0 Å². The quantitative estimate of drug-likeness (QED) is 0.552. The van der Waals surface area contributed by atoms with E-state index in [4.69, 9.17) is 5.64 Å². The molecule has 0 atom stereocenters. The van der Waals surface area contributed by atoms with Gasteiger partial charge in [-0.3, -0.25) is 0 Å². The Morgan fingerprint density at radius 3 is 1.08 bits per heavy atom. The van der Waals surface area contributed by atoms with Crippen LogP contribution in [0.1, 0.15) is 1.43 Å². The van der Waals surface area contributed by atoms with Crippen molar-refractivity contribution in [2.75, 3.05) is 0 Å². The Balaban J connectivity index is -0.000000131. The van der Waals surface area contributed by atoms with Crippen LogP contribution in [-0.4, -0.2) is 7.98 Å². The molecule has 0 aliphatic carbocycles. The van der Waals surface area contributed by atoms with Gasteiger partial charge in [-0.05, 0) is 0 Å². The number of hydrogen-bond acceptors (Lipinski definition) is 1. The second kappa shape index (κ2) is 14.2. The van der Waals surface area contributed by atoms with Gasteiger partial charge in [0.25, 0.3) is 0 Å². The standard InChI is InChI=1S/2C5H5.BH5N.Zr.H/c2*1-2-4-5-3-1;1-2;;/h2*1-5H;2H2,1H3;;/q3*-1;+4;-1. The molecule has 0 spiro atoms. The molecule has 0 aliphatic rings. The Hall–Kier alpha value is -0.392. The number of nitrogens with two attached hydrogens (primary N) is 1. The summed E-state index contributed by atoms with van der Waals surface area (Å²) < 4.78 is 0. The summed E-state index contributed by atoms with van der Waals surface area (Å²) in [5.41, 5.74) is 4.75. The van der Waals surface area contributed by atoms with E-state index >= 15 is 0 Å². The summed E-state index contributed by atoms with van der Waals surface area (Å²) in [5, 5.41) is 0. The van der Waals surface area contributed by atoms with Crippen LogP contribution in [0.2, 0.25) is 0 Å². The van der Waals surface area contributed by atoms with Gasteiger partial charge in [0.2, 0.25) is 0 Å². The Morgan fingerprint density at radius 2 is 1.00 bits per heavy atom. The molecule has 2 aromatic carbocycles. The molecule has 13 heavy (non-hydrogen) atoms. The zero-order valence-electron chi connectivity index (χ0n) is 7.85. The molecule has 0 amide bonds. The van der Waals surface area contributed by atoms with Crippen molar-refractivity contribution >= 4 is 7.98 Å². The van der Waals surface area contributed by atoms with Crippen molar-refractivity contribution in [3.63, 3.8) is 0 Å². The van der Waals surface area contributed by atoms with Crippen molar-refractivity contribution < 1.29 is 27.6 Å². The number of rotatable bonds is 0. The molecule has 0 bridgehead atoms. The zero-order valence-corrected chi connectivity index (χ0v) is 9.31. The van der Waals surface area contributed by atoms with Crippen molar-refractivity contribution in [1.82, 2.24) is 0 Å². The fourth-order valence-corrected chi connectivity index (χ4v) is 0.642. The largest absolute Gasteiger partial charge is 4.00 e. The molecule has 2 N–H and O–H groups in total. The summed E-state index contributed by atoms with van der Waals surface area (Å²) >= 11 is 0. The summed E-state index contributed by atoms with van der Waals surface area (Å²) in [6.45, 7) is 0. The minimum Gasteiger partial charge on any atom is -1.00 e. The minimum absolute atomic E-state index is 0. The molecule has 0 radical (unpaired) electrons. The molecule has 0 aromatic heterocycles. The van der Waals surface area contributed by atoms with Crippen LogP contribution in [-0.2, 0) is 26.2 Å². The second-order valence-electron chi connectivity index (χ2n) is 1.92. The monoisotopic (exact) mass is 251 g/mol. The van der Waals surface area contributed by atoms with Gasteiger partial charge in [0.05, 0.1) is 0 Å². The summed E-state index contributed by atoms with van der Waals surface area (Å²) in [5.74, 6) is 0. The normalized spacial score (nSPS) is 6.62. The van der Waals surface area contributed by atoms with Crippen molar-refractivity contribution in [2.24, 2.45) is 5.64 Å². The van der Waals surface area contributed by atoms with Crippen molar-refractivity contribution in [3.05, 3.63) is 60.7 Å². The van der Waals surface area contributed by atoms with Crippen LogP contribution in [0.5, 0.6) is 0 Å². The van der Waals surface area contributed by atoms with Crippen molar-refractivity contribution in [2.45, 2.75) is 0 Å². The molecule has 3 heteroatoms. The van der Waals surface area contributed by atoms with E-state index in [1.807, 2.05) is 60.7 Å². The van der Waals surface area contributed by atoms with Gasteiger partial charge >= 0.3 is 26.2 Å². The molecular weight excluding hydrogens is 236 g/mol. The second-order valence-corrected chi connectivity index (χ2v) is 1.92. The third kappa shape index (κ3) is 11.6. The summed E-state index contributed by atoms with van der Waals surface area (Å²) in [6.07, 6.45) is 0. The SMILES string of the molecule is [BH3-]N.[H-].[Zr+4].c1cc[cH-]c1.c1cc[cH-]c1. The Morgan fingerprint density at radius 1 is 0.769 bits per heavy atom. The first-order valence-corrected chi connectivity index (χ1v) is 3.33. The van der Waals surface area contributed by atoms with Crippen molar-refractivity contribution in [1.29, 1.82) is 0 Å². The van der Waals surface area contributed by atoms with Crippen molar-refractivity contribution in [3.8, 4) is 0 Å². The van der Waals surface area contributed by atoms with Gasteiger partial charge in [-0.15, -0.1) is 0 Å². The molecule has 0 aliphatic heterocycles. The molecule has 0 saturated carbocycles. The van der Waals surface area contributed by atoms with E-state index in [-0.39, 0.29) is 35.6 Å². The van der Waals surface area contributed by atoms with E-state index < -0.39 is 0 Å². The van der Waals surface area contributed by atoms with Gasteiger partial charge in [-0.1, -0.05) is 0 Å².